The van der Waals surface area contributed by atoms with Crippen LogP contribution < -0.4 is 10.1 Å². The molecule has 4 rings (SSSR count). The lowest BCUT2D eigenvalue weighted by molar-refractivity contribution is -0.164. The Morgan fingerprint density at radius 2 is 1.68 bits per heavy atom. The number of hydrogen-bond acceptors (Lipinski definition) is 4. The van der Waals surface area contributed by atoms with Crippen LogP contribution in [-0.2, 0) is 0 Å². The molecule has 2 aliphatic rings. The van der Waals surface area contributed by atoms with E-state index in [1.807, 2.05) is 4.90 Å². The first-order valence-electron chi connectivity index (χ1n) is 12.6. The van der Waals surface area contributed by atoms with Gasteiger partial charge < -0.3 is 20.1 Å². The average Bonchev–Trinajstić information content (AvgIpc) is 2.89. The van der Waals surface area contributed by atoms with Gasteiger partial charge in [-0.2, -0.15) is 0 Å². The first-order chi connectivity index (χ1) is 17.5. The molecular formula is C29H34ClN3O4. The van der Waals surface area contributed by atoms with E-state index in [2.05, 4.69) is 37.9 Å². The number of aliphatic hydroxyl groups is 1. The average molecular weight is 524 g/mol. The van der Waals surface area contributed by atoms with Crippen LogP contribution in [0.5, 0.6) is 5.75 Å². The molecule has 1 saturated heterocycles. The number of nitrogens with zero attached hydrogens (tertiary/aromatic N) is 2. The summed E-state index contributed by atoms with van der Waals surface area (Å²) in [6.07, 6.45) is 1.43. The number of halogens is 1. The van der Waals surface area contributed by atoms with Gasteiger partial charge in [-0.15, -0.1) is 0 Å². The number of hydrogen-bond donors (Lipinski definition) is 2. The van der Waals surface area contributed by atoms with E-state index in [1.54, 1.807) is 42.5 Å². The van der Waals surface area contributed by atoms with Crippen LogP contribution >= 0.6 is 11.6 Å². The summed E-state index contributed by atoms with van der Waals surface area (Å²) < 4.78 is 6.30. The largest absolute Gasteiger partial charge is 0.489 e. The fourth-order valence-corrected chi connectivity index (χ4v) is 6.28. The molecule has 2 aromatic rings. The zero-order valence-electron chi connectivity index (χ0n) is 21.8. The summed E-state index contributed by atoms with van der Waals surface area (Å²) in [4.78, 5) is 31.2. The summed E-state index contributed by atoms with van der Waals surface area (Å²) in [6.45, 7) is 16.8. The minimum absolute atomic E-state index is 0.0471. The maximum Gasteiger partial charge on any atom is 0.253 e. The van der Waals surface area contributed by atoms with E-state index < -0.39 is 0 Å². The van der Waals surface area contributed by atoms with Crippen LogP contribution in [0.15, 0.2) is 42.5 Å². The van der Waals surface area contributed by atoms with Crippen LogP contribution in [0.2, 0.25) is 5.02 Å². The van der Waals surface area contributed by atoms with E-state index in [0.717, 1.165) is 12.8 Å². The Bertz CT molecular complexity index is 1190. The van der Waals surface area contributed by atoms with Gasteiger partial charge in [0.15, 0.2) is 0 Å². The minimum Gasteiger partial charge on any atom is -0.489 e. The second kappa shape index (κ2) is 10.4. The Kier molecular flexibility index (Phi) is 7.55. The number of rotatable bonds is 6. The molecule has 1 aliphatic heterocycles. The normalized spacial score (nSPS) is 22.5. The Balaban J connectivity index is 1.39. The first-order valence-corrected chi connectivity index (χ1v) is 13.0. The highest BCUT2D eigenvalue weighted by atomic mass is 35.5. The number of nitrogens with one attached hydrogen (secondary N) is 1. The van der Waals surface area contributed by atoms with Crippen LogP contribution in [-0.4, -0.2) is 53.7 Å². The molecule has 2 N–H and O–H groups in total. The number of ether oxygens (including phenoxy) is 1. The van der Waals surface area contributed by atoms with Crippen LogP contribution in [0, 0.1) is 23.3 Å². The molecule has 8 heteroatoms. The smallest absolute Gasteiger partial charge is 0.253 e. The van der Waals surface area contributed by atoms with Gasteiger partial charge in [-0.1, -0.05) is 45.4 Å². The lowest BCUT2D eigenvalue weighted by atomic mass is 9.49. The quantitative estimate of drug-likeness (QED) is 0.500. The number of benzene rings is 2. The summed E-state index contributed by atoms with van der Waals surface area (Å²) in [7, 11) is 0. The molecule has 1 saturated carbocycles. The Labute approximate surface area is 223 Å². The number of piperidine rings is 1. The molecular weight excluding hydrogens is 490 g/mol. The molecule has 2 amide bonds. The fourth-order valence-electron chi connectivity index (χ4n) is 6.07. The lowest BCUT2D eigenvalue weighted by Gasteiger charge is -2.63. The van der Waals surface area contributed by atoms with Crippen molar-refractivity contribution < 1.29 is 19.4 Å². The van der Waals surface area contributed by atoms with Gasteiger partial charge in [-0.3, -0.25) is 9.59 Å². The van der Waals surface area contributed by atoms with E-state index in [1.165, 1.54) is 0 Å². The van der Waals surface area contributed by atoms with Crippen LogP contribution in [0.1, 0.15) is 61.3 Å². The topological polar surface area (TPSA) is 83.2 Å². The molecule has 1 heterocycles. The van der Waals surface area contributed by atoms with Gasteiger partial charge in [0.25, 0.3) is 11.8 Å². The van der Waals surface area contributed by atoms with Crippen molar-refractivity contribution in [2.45, 2.75) is 52.7 Å². The van der Waals surface area contributed by atoms with Crippen molar-refractivity contribution in [3.8, 4) is 5.75 Å². The lowest BCUT2D eigenvalue weighted by Crippen LogP contribution is -2.74. The number of carbonyl (C=O) groups excluding carboxylic acids is 2. The molecule has 7 nitrogen and oxygen atoms in total. The summed E-state index contributed by atoms with van der Waals surface area (Å²) in [5.74, 6) is 0.614. The molecule has 0 aromatic heterocycles. The van der Waals surface area contributed by atoms with Crippen LogP contribution in [0.25, 0.3) is 4.85 Å². The summed E-state index contributed by atoms with van der Waals surface area (Å²) >= 11 is 6.18. The van der Waals surface area contributed by atoms with Crippen molar-refractivity contribution in [2.24, 2.45) is 16.7 Å². The van der Waals surface area contributed by atoms with Crippen molar-refractivity contribution in [1.29, 1.82) is 0 Å². The molecule has 0 bridgehead atoms. The summed E-state index contributed by atoms with van der Waals surface area (Å²) in [5, 5.41) is 12.8. The minimum atomic E-state index is -0.360. The molecule has 1 aliphatic carbocycles. The molecule has 2 aromatic carbocycles. The Morgan fingerprint density at radius 1 is 1.08 bits per heavy atom. The highest BCUT2D eigenvalue weighted by Gasteiger charge is 2.64. The summed E-state index contributed by atoms with van der Waals surface area (Å²) in [5.41, 5.74) is 0.708. The van der Waals surface area contributed by atoms with Crippen molar-refractivity contribution in [3.63, 3.8) is 0 Å². The van der Waals surface area contributed by atoms with E-state index in [4.69, 9.17) is 22.9 Å². The highest BCUT2D eigenvalue weighted by molar-refractivity contribution is 6.33. The fraction of sp³-hybridized carbons (Fsp3) is 0.483. The number of carbonyl (C=O) groups is 2. The predicted octanol–water partition coefficient (Wildman–Crippen LogP) is 5.35. The maximum absolute atomic E-state index is 13.1. The first kappa shape index (κ1) is 27.0. The highest BCUT2D eigenvalue weighted by Crippen LogP contribution is 2.55. The second-order valence-electron chi connectivity index (χ2n) is 11.3. The van der Waals surface area contributed by atoms with Gasteiger partial charge in [0.1, 0.15) is 11.9 Å². The van der Waals surface area contributed by atoms with E-state index in [9.17, 15) is 14.7 Å². The number of likely N-dealkylation sites (tertiary alicyclic amines) is 1. The molecule has 0 unspecified atom stereocenters. The van der Waals surface area contributed by atoms with Crippen molar-refractivity contribution in [1.82, 2.24) is 10.2 Å². The Hall–Kier alpha value is -3.08. The van der Waals surface area contributed by atoms with Gasteiger partial charge >= 0.3 is 0 Å². The number of aliphatic hydroxyl groups excluding tert-OH is 1. The predicted molar refractivity (Wildman–Crippen MR) is 143 cm³/mol. The third-order valence-electron chi connectivity index (χ3n) is 7.96. The third-order valence-corrected chi connectivity index (χ3v) is 8.27. The van der Waals surface area contributed by atoms with Gasteiger partial charge in [0.05, 0.1) is 11.6 Å². The SMILES string of the molecule is [C-]#[N+]c1ccc(OC2C(C)(C)C(NC(=O)c3ccc(C(=O)N4CCC(CO)CC4)cc3)C2(C)C)cc1Cl. The van der Waals surface area contributed by atoms with Crippen molar-refractivity contribution in [2.75, 3.05) is 19.7 Å². The van der Waals surface area contributed by atoms with Crippen molar-refractivity contribution >= 4 is 29.1 Å². The van der Waals surface area contributed by atoms with E-state index in [-0.39, 0.29) is 47.3 Å². The Morgan fingerprint density at radius 3 is 2.22 bits per heavy atom. The molecule has 196 valence electrons. The molecule has 2 fully saturated rings. The molecule has 0 spiro atoms. The maximum atomic E-state index is 13.1. The van der Waals surface area contributed by atoms with Gasteiger partial charge in [-0.25, -0.2) is 4.85 Å². The number of amides is 2. The zero-order valence-corrected chi connectivity index (χ0v) is 22.5. The third kappa shape index (κ3) is 5.18. The monoisotopic (exact) mass is 523 g/mol. The molecule has 37 heavy (non-hydrogen) atoms. The summed E-state index contributed by atoms with van der Waals surface area (Å²) in [6, 6.07) is 11.7. The van der Waals surface area contributed by atoms with Crippen LogP contribution in [0.4, 0.5) is 5.69 Å². The van der Waals surface area contributed by atoms with Gasteiger partial charge in [-0.05, 0) is 55.2 Å². The van der Waals surface area contributed by atoms with Gasteiger partial charge in [0.2, 0.25) is 5.69 Å². The van der Waals surface area contributed by atoms with Gasteiger partial charge in [0, 0.05) is 47.7 Å². The van der Waals surface area contributed by atoms with E-state index in [0.29, 0.717) is 40.7 Å². The zero-order chi connectivity index (χ0) is 27.0. The second-order valence-corrected chi connectivity index (χ2v) is 11.7. The van der Waals surface area contributed by atoms with Crippen LogP contribution in [0.3, 0.4) is 0 Å². The standard InChI is InChI=1S/C29H34ClN3O4/c1-28(2)26(29(3,4)27(28)37-21-10-11-23(31-5)22(30)16-21)32-24(35)19-6-8-20(9-7-19)25(36)33-14-12-18(17-34)13-15-33/h6-11,16,18,26-27,34H,12-15,17H2,1-4H3,(H,32,35). The van der Waals surface area contributed by atoms with E-state index >= 15 is 0 Å². The molecule has 0 atom stereocenters. The van der Waals surface area contributed by atoms with Crippen molar-refractivity contribution in [3.05, 3.63) is 70.0 Å². The molecule has 0 radical (unpaired) electrons.